The number of nitrogens with one attached hydrogen (secondary N) is 2. The van der Waals surface area contributed by atoms with Gasteiger partial charge in [0, 0.05) is 25.2 Å². The third-order valence-electron chi connectivity index (χ3n) is 6.86. The Bertz CT molecular complexity index is 453. The fourth-order valence-corrected chi connectivity index (χ4v) is 5.14. The van der Waals surface area contributed by atoms with Gasteiger partial charge in [-0.05, 0) is 45.2 Å². The summed E-state index contributed by atoms with van der Waals surface area (Å²) < 4.78 is 0. The van der Waals surface area contributed by atoms with E-state index in [4.69, 9.17) is 0 Å². The maximum atomic E-state index is 12.5. The third-order valence-corrected chi connectivity index (χ3v) is 6.86. The number of carbonyl (C=O) groups excluding carboxylic acids is 2. The van der Waals surface area contributed by atoms with Crippen molar-refractivity contribution >= 4 is 11.8 Å². The molecular formula is C23H42N4O2. The lowest BCUT2D eigenvalue weighted by Crippen LogP contribution is -2.44. The summed E-state index contributed by atoms with van der Waals surface area (Å²) in [5.41, 5.74) is 0. The zero-order valence-electron chi connectivity index (χ0n) is 18.3. The maximum absolute atomic E-state index is 12.5. The topological polar surface area (TPSA) is 64.7 Å². The highest BCUT2D eigenvalue weighted by molar-refractivity contribution is 5.78. The van der Waals surface area contributed by atoms with E-state index in [1.165, 1.54) is 51.4 Å². The first-order chi connectivity index (χ1) is 14.2. The molecule has 0 aromatic carbocycles. The van der Waals surface area contributed by atoms with Crippen molar-refractivity contribution in [3.8, 4) is 0 Å². The zero-order valence-corrected chi connectivity index (χ0v) is 18.3. The van der Waals surface area contributed by atoms with Crippen molar-refractivity contribution in [1.29, 1.82) is 0 Å². The zero-order chi connectivity index (χ0) is 20.3. The van der Waals surface area contributed by atoms with Gasteiger partial charge in [0.1, 0.15) is 0 Å². The predicted octanol–water partition coefficient (Wildman–Crippen LogP) is 2.67. The van der Waals surface area contributed by atoms with E-state index >= 15 is 0 Å². The largest absolute Gasteiger partial charge is 0.352 e. The molecule has 29 heavy (non-hydrogen) atoms. The quantitative estimate of drug-likeness (QED) is 0.666. The van der Waals surface area contributed by atoms with Gasteiger partial charge < -0.3 is 10.6 Å². The molecule has 2 amide bonds. The summed E-state index contributed by atoms with van der Waals surface area (Å²) in [6.45, 7) is 4.62. The van der Waals surface area contributed by atoms with Crippen molar-refractivity contribution in [2.75, 3.05) is 39.3 Å². The Hall–Kier alpha value is -1.14. The minimum absolute atomic E-state index is 0.177. The molecule has 2 saturated carbocycles. The number of nitrogens with zero attached hydrogens (tertiary/aromatic N) is 2. The maximum Gasteiger partial charge on any atom is 0.234 e. The molecule has 3 fully saturated rings. The number of hydrogen-bond acceptors (Lipinski definition) is 4. The molecule has 0 radical (unpaired) electrons. The van der Waals surface area contributed by atoms with E-state index < -0.39 is 0 Å². The van der Waals surface area contributed by atoms with Crippen molar-refractivity contribution in [2.24, 2.45) is 0 Å². The summed E-state index contributed by atoms with van der Waals surface area (Å²) in [6, 6.07) is 0.752. The van der Waals surface area contributed by atoms with Gasteiger partial charge in [-0.1, -0.05) is 51.4 Å². The molecule has 0 aromatic heterocycles. The fraction of sp³-hybridized carbons (Fsp3) is 0.913. The van der Waals surface area contributed by atoms with Crippen LogP contribution in [-0.4, -0.2) is 73.0 Å². The second-order valence-corrected chi connectivity index (χ2v) is 9.42. The summed E-state index contributed by atoms with van der Waals surface area (Å²) >= 11 is 0. The first-order valence-electron chi connectivity index (χ1n) is 12.2. The Balaban J connectivity index is 1.34. The Kier molecular flexibility index (Phi) is 9.74. The average molecular weight is 407 g/mol. The lowest BCUT2D eigenvalue weighted by Gasteiger charge is -2.23. The van der Waals surface area contributed by atoms with Crippen molar-refractivity contribution in [3.63, 3.8) is 0 Å². The molecule has 2 N–H and O–H groups in total. The Morgan fingerprint density at radius 1 is 0.552 bits per heavy atom. The van der Waals surface area contributed by atoms with E-state index in [-0.39, 0.29) is 11.8 Å². The van der Waals surface area contributed by atoms with Crippen LogP contribution in [0, 0.1) is 0 Å². The van der Waals surface area contributed by atoms with Crippen LogP contribution in [0.5, 0.6) is 0 Å². The molecule has 1 heterocycles. The van der Waals surface area contributed by atoms with Crippen LogP contribution >= 0.6 is 0 Å². The fourth-order valence-electron chi connectivity index (χ4n) is 5.14. The van der Waals surface area contributed by atoms with Crippen molar-refractivity contribution < 1.29 is 9.59 Å². The first kappa shape index (κ1) is 22.5. The highest BCUT2D eigenvalue weighted by Gasteiger charge is 2.22. The van der Waals surface area contributed by atoms with Gasteiger partial charge >= 0.3 is 0 Å². The Labute approximate surface area is 177 Å². The minimum Gasteiger partial charge on any atom is -0.352 e. The summed E-state index contributed by atoms with van der Waals surface area (Å²) in [6.07, 6.45) is 15.8. The molecule has 0 aromatic rings. The van der Waals surface area contributed by atoms with Crippen molar-refractivity contribution in [3.05, 3.63) is 0 Å². The molecular weight excluding hydrogens is 364 g/mol. The van der Waals surface area contributed by atoms with Crippen LogP contribution in [0.1, 0.15) is 83.5 Å². The standard InChI is InChI=1S/C23H42N4O2/c28-22(24-20-10-5-1-2-6-11-20)18-26-14-9-15-27(17-16-26)19-23(29)25-21-12-7-3-4-8-13-21/h20-21H,1-19H2,(H,24,28)(H,25,29). The van der Waals surface area contributed by atoms with Gasteiger partial charge in [0.25, 0.3) is 0 Å². The van der Waals surface area contributed by atoms with E-state index in [1.807, 2.05) is 0 Å². The second-order valence-electron chi connectivity index (χ2n) is 9.42. The molecule has 0 bridgehead atoms. The number of amides is 2. The second kappa shape index (κ2) is 12.5. The smallest absolute Gasteiger partial charge is 0.234 e. The predicted molar refractivity (Wildman–Crippen MR) is 117 cm³/mol. The van der Waals surface area contributed by atoms with E-state index in [2.05, 4.69) is 20.4 Å². The number of hydrogen-bond donors (Lipinski definition) is 2. The van der Waals surface area contributed by atoms with Crippen LogP contribution < -0.4 is 10.6 Å². The molecule has 0 spiro atoms. The van der Waals surface area contributed by atoms with Gasteiger partial charge in [-0.25, -0.2) is 0 Å². The Morgan fingerprint density at radius 3 is 1.31 bits per heavy atom. The lowest BCUT2D eigenvalue weighted by molar-refractivity contribution is -0.124. The highest BCUT2D eigenvalue weighted by Crippen LogP contribution is 2.18. The summed E-state index contributed by atoms with van der Waals surface area (Å²) in [5.74, 6) is 0.355. The minimum atomic E-state index is 0.177. The van der Waals surface area contributed by atoms with Crippen LogP contribution in [0.15, 0.2) is 0 Å². The molecule has 0 atom stereocenters. The van der Waals surface area contributed by atoms with Crippen LogP contribution in [0.2, 0.25) is 0 Å². The number of rotatable bonds is 6. The van der Waals surface area contributed by atoms with E-state index in [0.717, 1.165) is 58.3 Å². The van der Waals surface area contributed by atoms with Crippen molar-refractivity contribution in [1.82, 2.24) is 20.4 Å². The molecule has 3 rings (SSSR count). The highest BCUT2D eigenvalue weighted by atomic mass is 16.2. The van der Waals surface area contributed by atoms with Gasteiger partial charge in [-0.2, -0.15) is 0 Å². The Morgan fingerprint density at radius 2 is 0.931 bits per heavy atom. The number of carbonyl (C=O) groups is 2. The third kappa shape index (κ3) is 8.63. The van der Waals surface area contributed by atoms with E-state index in [9.17, 15) is 9.59 Å². The van der Waals surface area contributed by atoms with Crippen molar-refractivity contribution in [2.45, 2.75) is 95.6 Å². The molecule has 3 aliphatic rings. The lowest BCUT2D eigenvalue weighted by atomic mass is 10.1. The van der Waals surface area contributed by atoms with Gasteiger partial charge in [0.15, 0.2) is 0 Å². The van der Waals surface area contributed by atoms with Crippen LogP contribution in [0.25, 0.3) is 0 Å². The van der Waals surface area contributed by atoms with E-state index in [1.54, 1.807) is 0 Å². The molecule has 166 valence electrons. The SMILES string of the molecule is O=C(CN1CCCN(CC(=O)NC2CCCCCC2)CC1)NC1CCCCCC1. The molecule has 1 saturated heterocycles. The molecule has 0 unspecified atom stereocenters. The molecule has 1 aliphatic heterocycles. The molecule has 2 aliphatic carbocycles. The van der Waals surface area contributed by atoms with Gasteiger partial charge in [-0.3, -0.25) is 19.4 Å². The molecule has 6 nitrogen and oxygen atoms in total. The molecule has 6 heteroatoms. The summed E-state index contributed by atoms with van der Waals surface area (Å²) in [4.78, 5) is 29.5. The van der Waals surface area contributed by atoms with E-state index in [0.29, 0.717) is 25.2 Å². The van der Waals surface area contributed by atoms with Crippen LogP contribution in [-0.2, 0) is 9.59 Å². The average Bonchev–Trinajstić information content (AvgIpc) is 3.17. The normalized spacial score (nSPS) is 24.3. The summed E-state index contributed by atoms with van der Waals surface area (Å²) in [5, 5.41) is 6.52. The summed E-state index contributed by atoms with van der Waals surface area (Å²) in [7, 11) is 0. The van der Waals surface area contributed by atoms with Gasteiger partial charge in [-0.15, -0.1) is 0 Å². The van der Waals surface area contributed by atoms with Crippen LogP contribution in [0.4, 0.5) is 0 Å². The van der Waals surface area contributed by atoms with Gasteiger partial charge in [0.2, 0.25) is 11.8 Å². The van der Waals surface area contributed by atoms with Crippen LogP contribution in [0.3, 0.4) is 0 Å². The monoisotopic (exact) mass is 406 g/mol. The van der Waals surface area contributed by atoms with Gasteiger partial charge in [0.05, 0.1) is 13.1 Å². The first-order valence-corrected chi connectivity index (χ1v) is 12.2.